The molecule has 0 aliphatic carbocycles. The van der Waals surface area contributed by atoms with Crippen LogP contribution in [-0.4, -0.2) is 46.9 Å². The van der Waals surface area contributed by atoms with Gasteiger partial charge in [-0.3, -0.25) is 9.59 Å². The molecular formula is C21H26N4O5. The Balaban J connectivity index is 1.66. The van der Waals surface area contributed by atoms with Gasteiger partial charge in [0.1, 0.15) is 12.3 Å². The normalized spacial score (nSPS) is 13.9. The van der Waals surface area contributed by atoms with Crippen molar-refractivity contribution in [2.24, 2.45) is 0 Å². The van der Waals surface area contributed by atoms with Crippen molar-refractivity contribution in [1.82, 2.24) is 20.0 Å². The zero-order chi connectivity index (χ0) is 21.7. The molecule has 1 aliphatic rings. The number of hydrogen-bond donors (Lipinski definition) is 1. The summed E-state index contributed by atoms with van der Waals surface area (Å²) in [7, 11) is 1.59. The van der Waals surface area contributed by atoms with E-state index in [1.54, 1.807) is 18.9 Å². The van der Waals surface area contributed by atoms with E-state index in [-0.39, 0.29) is 30.6 Å². The van der Waals surface area contributed by atoms with Crippen molar-refractivity contribution in [3.05, 3.63) is 57.5 Å². The molecule has 1 aromatic heterocycles. The van der Waals surface area contributed by atoms with E-state index in [0.717, 1.165) is 10.2 Å². The van der Waals surface area contributed by atoms with Crippen LogP contribution in [0.5, 0.6) is 5.75 Å². The van der Waals surface area contributed by atoms with Crippen molar-refractivity contribution < 1.29 is 19.1 Å². The van der Waals surface area contributed by atoms with Crippen molar-refractivity contribution in [3.63, 3.8) is 0 Å². The van der Waals surface area contributed by atoms with Gasteiger partial charge in [-0.15, -0.1) is 0 Å². The summed E-state index contributed by atoms with van der Waals surface area (Å²) in [6.07, 6.45) is 0.0919. The number of nitrogens with zero attached hydrogens (tertiary/aromatic N) is 3. The number of amides is 2. The third-order valence-electron chi connectivity index (χ3n) is 4.93. The van der Waals surface area contributed by atoms with Gasteiger partial charge in [0.05, 0.1) is 32.0 Å². The van der Waals surface area contributed by atoms with Crippen LogP contribution in [-0.2, 0) is 29.0 Å². The highest BCUT2D eigenvalue weighted by atomic mass is 16.6. The number of fused-ring (bicyclic) bond motifs is 1. The molecular weight excluding hydrogens is 388 g/mol. The van der Waals surface area contributed by atoms with Crippen LogP contribution < -0.4 is 15.6 Å². The third kappa shape index (κ3) is 4.97. The molecule has 9 heteroatoms. The van der Waals surface area contributed by atoms with Gasteiger partial charge in [-0.2, -0.15) is 5.10 Å². The topological polar surface area (TPSA) is 103 Å². The maximum atomic E-state index is 12.5. The highest BCUT2D eigenvalue weighted by Crippen LogP contribution is 2.19. The summed E-state index contributed by atoms with van der Waals surface area (Å²) in [4.78, 5) is 38.4. The van der Waals surface area contributed by atoms with Gasteiger partial charge in [0.15, 0.2) is 0 Å². The fourth-order valence-corrected chi connectivity index (χ4v) is 3.34. The highest BCUT2D eigenvalue weighted by molar-refractivity contribution is 5.76. The summed E-state index contributed by atoms with van der Waals surface area (Å²) in [5.41, 5.74) is 1.90. The van der Waals surface area contributed by atoms with Gasteiger partial charge in [-0.05, 0) is 31.5 Å². The number of aromatic nitrogens is 2. The van der Waals surface area contributed by atoms with Crippen molar-refractivity contribution >= 4 is 12.0 Å². The van der Waals surface area contributed by atoms with Crippen LogP contribution in [0.1, 0.15) is 36.7 Å². The third-order valence-corrected chi connectivity index (χ3v) is 4.93. The zero-order valence-electron chi connectivity index (χ0n) is 17.4. The Morgan fingerprint density at radius 3 is 2.83 bits per heavy atom. The van der Waals surface area contributed by atoms with Gasteiger partial charge in [-0.25, -0.2) is 9.48 Å². The lowest BCUT2D eigenvalue weighted by atomic mass is 10.1. The van der Waals surface area contributed by atoms with E-state index in [1.807, 2.05) is 31.2 Å². The number of benzene rings is 1. The molecule has 1 atom stereocenters. The molecule has 2 heterocycles. The first-order valence-electron chi connectivity index (χ1n) is 9.86. The number of carbonyl (C=O) groups excluding carboxylic acids is 2. The van der Waals surface area contributed by atoms with Gasteiger partial charge >= 0.3 is 6.09 Å². The summed E-state index contributed by atoms with van der Waals surface area (Å²) in [6.45, 7) is 4.45. The Kier molecular flexibility index (Phi) is 6.71. The Labute approximate surface area is 174 Å². The quantitative estimate of drug-likeness (QED) is 0.771. The first-order chi connectivity index (χ1) is 14.4. The van der Waals surface area contributed by atoms with Crippen LogP contribution in [0.4, 0.5) is 4.79 Å². The molecule has 2 aromatic rings. The number of ether oxygens (including phenoxy) is 2. The number of carbonyl (C=O) groups is 2. The Morgan fingerprint density at radius 2 is 2.10 bits per heavy atom. The molecule has 9 nitrogen and oxygen atoms in total. The van der Waals surface area contributed by atoms with E-state index in [2.05, 4.69) is 10.4 Å². The van der Waals surface area contributed by atoms with Crippen LogP contribution in [0.2, 0.25) is 0 Å². The van der Waals surface area contributed by atoms with Crippen molar-refractivity contribution in [3.8, 4) is 5.75 Å². The molecule has 0 saturated heterocycles. The van der Waals surface area contributed by atoms with Gasteiger partial charge in [-0.1, -0.05) is 12.1 Å². The number of methoxy groups -OCH3 is 1. The maximum Gasteiger partial charge on any atom is 0.410 e. The standard InChI is InChI=1S/C21H26N4O5/c1-4-30-21(28)24-9-8-18-16(12-24)11-20(27)25(23-18)13-19(26)22-14(2)15-6-5-7-17(10-15)29-3/h5-7,10-11,14H,4,8-9,12-13H2,1-3H3,(H,22,26)/t14-/m0/s1. The number of rotatable bonds is 6. The molecule has 0 spiro atoms. The predicted octanol–water partition coefficient (Wildman–Crippen LogP) is 1.64. The van der Waals surface area contributed by atoms with Crippen molar-refractivity contribution in [2.75, 3.05) is 20.3 Å². The summed E-state index contributed by atoms with van der Waals surface area (Å²) >= 11 is 0. The molecule has 0 bridgehead atoms. The monoisotopic (exact) mass is 414 g/mol. The van der Waals surface area contributed by atoms with E-state index in [4.69, 9.17) is 9.47 Å². The van der Waals surface area contributed by atoms with Gasteiger partial charge < -0.3 is 19.7 Å². The van der Waals surface area contributed by atoms with E-state index in [1.165, 1.54) is 6.07 Å². The molecule has 3 rings (SSSR count). The Morgan fingerprint density at radius 1 is 1.30 bits per heavy atom. The lowest BCUT2D eigenvalue weighted by Crippen LogP contribution is -2.40. The number of nitrogens with one attached hydrogen (secondary N) is 1. The van der Waals surface area contributed by atoms with E-state index >= 15 is 0 Å². The van der Waals surface area contributed by atoms with Crippen LogP contribution in [0.15, 0.2) is 35.1 Å². The lowest BCUT2D eigenvalue weighted by Gasteiger charge is -2.27. The second kappa shape index (κ2) is 9.43. The second-order valence-electron chi connectivity index (χ2n) is 7.05. The Bertz CT molecular complexity index is 988. The number of hydrogen-bond acceptors (Lipinski definition) is 6. The molecule has 0 fully saturated rings. The van der Waals surface area contributed by atoms with E-state index in [0.29, 0.717) is 36.6 Å². The highest BCUT2D eigenvalue weighted by Gasteiger charge is 2.24. The Hall–Kier alpha value is -3.36. The van der Waals surface area contributed by atoms with E-state index < -0.39 is 6.09 Å². The van der Waals surface area contributed by atoms with Crippen LogP contribution in [0.25, 0.3) is 0 Å². The minimum atomic E-state index is -0.404. The largest absolute Gasteiger partial charge is 0.497 e. The molecule has 1 aromatic carbocycles. The molecule has 1 N–H and O–H groups in total. The second-order valence-corrected chi connectivity index (χ2v) is 7.05. The lowest BCUT2D eigenvalue weighted by molar-refractivity contribution is -0.122. The molecule has 160 valence electrons. The van der Waals surface area contributed by atoms with Crippen molar-refractivity contribution in [1.29, 1.82) is 0 Å². The zero-order valence-corrected chi connectivity index (χ0v) is 17.4. The van der Waals surface area contributed by atoms with Crippen LogP contribution in [0, 0.1) is 0 Å². The summed E-state index contributed by atoms with van der Waals surface area (Å²) < 4.78 is 11.4. The molecule has 1 aliphatic heterocycles. The first kappa shape index (κ1) is 21.4. The smallest absolute Gasteiger partial charge is 0.410 e. The van der Waals surface area contributed by atoms with E-state index in [9.17, 15) is 14.4 Å². The SMILES string of the molecule is CCOC(=O)N1CCc2nn(CC(=O)N[C@@H](C)c3cccc(OC)c3)c(=O)cc2C1. The molecule has 30 heavy (non-hydrogen) atoms. The summed E-state index contributed by atoms with van der Waals surface area (Å²) in [5.74, 6) is 0.391. The minimum Gasteiger partial charge on any atom is -0.497 e. The average Bonchev–Trinajstić information content (AvgIpc) is 2.74. The summed E-state index contributed by atoms with van der Waals surface area (Å²) in [6, 6.07) is 8.62. The predicted molar refractivity (Wildman–Crippen MR) is 109 cm³/mol. The molecule has 0 unspecified atom stereocenters. The van der Waals surface area contributed by atoms with Crippen molar-refractivity contribution in [2.45, 2.75) is 39.4 Å². The fourth-order valence-electron chi connectivity index (χ4n) is 3.34. The minimum absolute atomic E-state index is 0.179. The summed E-state index contributed by atoms with van der Waals surface area (Å²) in [5, 5.41) is 7.22. The van der Waals surface area contributed by atoms with Gasteiger partial charge in [0, 0.05) is 24.6 Å². The molecule has 2 amide bonds. The van der Waals surface area contributed by atoms with Gasteiger partial charge in [0.25, 0.3) is 5.56 Å². The molecule has 0 saturated carbocycles. The fraction of sp³-hybridized carbons (Fsp3) is 0.429. The van der Waals surface area contributed by atoms with Crippen LogP contribution >= 0.6 is 0 Å². The first-order valence-corrected chi connectivity index (χ1v) is 9.86. The van der Waals surface area contributed by atoms with Crippen LogP contribution in [0.3, 0.4) is 0 Å². The molecule has 0 radical (unpaired) electrons. The average molecular weight is 414 g/mol. The van der Waals surface area contributed by atoms with Gasteiger partial charge in [0.2, 0.25) is 5.91 Å². The maximum absolute atomic E-state index is 12.5.